The molecule has 8 heteroatoms. The molecule has 0 fully saturated rings. The van der Waals surface area contributed by atoms with E-state index >= 15 is 0 Å². The fraction of sp³-hybridized carbons (Fsp3) is 0.136. The maximum atomic E-state index is 12.8. The van der Waals surface area contributed by atoms with Crippen LogP contribution in [-0.2, 0) is 6.54 Å². The average molecular weight is 408 g/mol. The summed E-state index contributed by atoms with van der Waals surface area (Å²) in [5.74, 6) is 0.266. The number of hydrogen-bond donors (Lipinski definition) is 1. The van der Waals surface area contributed by atoms with Crippen molar-refractivity contribution in [2.45, 2.75) is 20.1 Å². The van der Waals surface area contributed by atoms with Crippen molar-refractivity contribution < 1.29 is 13.5 Å². The fourth-order valence-corrected chi connectivity index (χ4v) is 3.31. The molecule has 0 saturated heterocycles. The van der Waals surface area contributed by atoms with E-state index in [1.54, 1.807) is 42.5 Å². The van der Waals surface area contributed by atoms with Crippen LogP contribution in [0.5, 0.6) is 5.75 Å². The summed E-state index contributed by atoms with van der Waals surface area (Å²) in [5, 5.41) is 6.24. The van der Waals surface area contributed by atoms with Crippen molar-refractivity contribution in [2.24, 2.45) is 5.10 Å². The molecule has 152 valence electrons. The molecular weight excluding hydrogens is 390 g/mol. The Morgan fingerprint density at radius 2 is 1.83 bits per heavy atom. The summed E-state index contributed by atoms with van der Waals surface area (Å²) in [6.45, 7) is -0.743. The van der Waals surface area contributed by atoms with Gasteiger partial charge in [-0.1, -0.05) is 42.5 Å². The maximum absolute atomic E-state index is 12.8. The molecule has 1 aromatic heterocycles. The van der Waals surface area contributed by atoms with E-state index in [-0.39, 0.29) is 17.3 Å². The first kappa shape index (κ1) is 19.5. The molecular formula is C22H18F2N4O2. The standard InChI is InChI=1S/C22H18F2N4O2/c1-2-28-20(29)16-9-5-6-10-18(16)26-22(28)27-25-13-17-15-8-4-3-7-14(15)11-12-19(17)30-21(23)24/h3-13,21H,2H2,1H3,(H,26,27)/b25-13-. The predicted octanol–water partition coefficient (Wildman–Crippen LogP) is 4.62. The molecule has 6 nitrogen and oxygen atoms in total. The molecule has 0 aliphatic rings. The van der Waals surface area contributed by atoms with E-state index in [9.17, 15) is 13.6 Å². The van der Waals surface area contributed by atoms with Gasteiger partial charge in [0.15, 0.2) is 0 Å². The highest BCUT2D eigenvalue weighted by atomic mass is 19.3. The van der Waals surface area contributed by atoms with Crippen molar-refractivity contribution in [3.8, 4) is 5.75 Å². The lowest BCUT2D eigenvalue weighted by atomic mass is 10.0. The zero-order chi connectivity index (χ0) is 21.1. The number of anilines is 1. The van der Waals surface area contributed by atoms with E-state index in [1.807, 2.05) is 19.1 Å². The smallest absolute Gasteiger partial charge is 0.387 e. The van der Waals surface area contributed by atoms with Crippen LogP contribution in [0, 0.1) is 0 Å². The first-order valence-corrected chi connectivity index (χ1v) is 9.33. The number of fused-ring (bicyclic) bond motifs is 2. The molecule has 0 unspecified atom stereocenters. The Hall–Kier alpha value is -3.81. The second-order valence-corrected chi connectivity index (χ2v) is 6.45. The second-order valence-electron chi connectivity index (χ2n) is 6.45. The molecule has 3 aromatic carbocycles. The summed E-state index contributed by atoms with van der Waals surface area (Å²) in [7, 11) is 0. The molecule has 4 aromatic rings. The number of nitrogens with zero attached hydrogens (tertiary/aromatic N) is 3. The van der Waals surface area contributed by atoms with Gasteiger partial charge in [-0.05, 0) is 35.9 Å². The first-order chi connectivity index (χ1) is 14.6. The largest absolute Gasteiger partial charge is 0.434 e. The molecule has 0 atom stereocenters. The van der Waals surface area contributed by atoms with E-state index in [4.69, 9.17) is 0 Å². The van der Waals surface area contributed by atoms with Gasteiger partial charge in [-0.15, -0.1) is 0 Å². The Kier molecular flexibility index (Phi) is 5.38. The lowest BCUT2D eigenvalue weighted by Gasteiger charge is -2.12. The van der Waals surface area contributed by atoms with Crippen molar-refractivity contribution in [1.82, 2.24) is 9.55 Å². The molecule has 30 heavy (non-hydrogen) atoms. The molecule has 0 spiro atoms. The number of aromatic nitrogens is 2. The van der Waals surface area contributed by atoms with Crippen LogP contribution in [0.15, 0.2) is 70.6 Å². The van der Waals surface area contributed by atoms with Crippen molar-refractivity contribution >= 4 is 33.8 Å². The number of para-hydroxylation sites is 1. The van der Waals surface area contributed by atoms with Crippen molar-refractivity contribution in [3.63, 3.8) is 0 Å². The topological polar surface area (TPSA) is 68.5 Å². The van der Waals surface area contributed by atoms with Crippen LogP contribution in [0.25, 0.3) is 21.7 Å². The fourth-order valence-electron chi connectivity index (χ4n) is 3.31. The van der Waals surface area contributed by atoms with Crippen LogP contribution < -0.4 is 15.7 Å². The molecule has 0 bridgehead atoms. The van der Waals surface area contributed by atoms with Gasteiger partial charge < -0.3 is 4.74 Å². The Morgan fingerprint density at radius 1 is 1.10 bits per heavy atom. The molecule has 0 aliphatic heterocycles. The van der Waals surface area contributed by atoms with Gasteiger partial charge in [0.1, 0.15) is 5.75 Å². The summed E-state index contributed by atoms with van der Waals surface area (Å²) in [6, 6.07) is 17.5. The Bertz CT molecular complexity index is 1300. The maximum Gasteiger partial charge on any atom is 0.387 e. The van der Waals surface area contributed by atoms with Crippen molar-refractivity contribution in [2.75, 3.05) is 5.43 Å². The summed E-state index contributed by atoms with van der Waals surface area (Å²) >= 11 is 0. The monoisotopic (exact) mass is 408 g/mol. The molecule has 0 saturated carbocycles. The van der Waals surface area contributed by atoms with E-state index in [0.717, 1.165) is 5.39 Å². The lowest BCUT2D eigenvalue weighted by molar-refractivity contribution is -0.0498. The first-order valence-electron chi connectivity index (χ1n) is 9.33. The van der Waals surface area contributed by atoms with Crippen LogP contribution >= 0.6 is 0 Å². The summed E-state index contributed by atoms with van der Waals surface area (Å²) in [5.41, 5.74) is 3.52. The summed E-state index contributed by atoms with van der Waals surface area (Å²) in [4.78, 5) is 17.1. The summed E-state index contributed by atoms with van der Waals surface area (Å²) < 4.78 is 31.8. The number of ether oxygens (including phenoxy) is 1. The normalized spacial score (nSPS) is 11.6. The Balaban J connectivity index is 1.75. The van der Waals surface area contributed by atoms with Gasteiger partial charge in [-0.25, -0.2) is 10.4 Å². The Labute approximate surface area is 170 Å². The SMILES string of the molecule is CCn1c(N/N=C\c2c(OC(F)F)ccc3ccccc23)nc2ccccc2c1=O. The quantitative estimate of drug-likeness (QED) is 0.374. The molecule has 0 radical (unpaired) electrons. The second kappa shape index (κ2) is 8.28. The van der Waals surface area contributed by atoms with Crippen LogP contribution in [0.2, 0.25) is 0 Å². The highest BCUT2D eigenvalue weighted by Gasteiger charge is 2.12. The number of rotatable bonds is 6. The van der Waals surface area contributed by atoms with Gasteiger partial charge in [0.25, 0.3) is 5.56 Å². The number of alkyl halides is 2. The van der Waals surface area contributed by atoms with Gasteiger partial charge in [0, 0.05) is 12.1 Å². The van der Waals surface area contributed by atoms with Gasteiger partial charge >= 0.3 is 6.61 Å². The third-order valence-electron chi connectivity index (χ3n) is 4.68. The highest BCUT2D eigenvalue weighted by molar-refractivity contribution is 6.02. The van der Waals surface area contributed by atoms with Gasteiger partial charge in [0.05, 0.1) is 17.1 Å². The van der Waals surface area contributed by atoms with Crippen LogP contribution in [0.4, 0.5) is 14.7 Å². The predicted molar refractivity (Wildman–Crippen MR) is 113 cm³/mol. The average Bonchev–Trinajstić information content (AvgIpc) is 2.75. The van der Waals surface area contributed by atoms with Crippen molar-refractivity contribution in [3.05, 3.63) is 76.6 Å². The molecule has 1 N–H and O–H groups in total. The Morgan fingerprint density at radius 3 is 2.60 bits per heavy atom. The zero-order valence-corrected chi connectivity index (χ0v) is 16.0. The number of hydrogen-bond acceptors (Lipinski definition) is 5. The van der Waals surface area contributed by atoms with Crippen LogP contribution in [0.1, 0.15) is 12.5 Å². The zero-order valence-electron chi connectivity index (χ0n) is 16.0. The van der Waals surface area contributed by atoms with E-state index in [2.05, 4.69) is 20.2 Å². The van der Waals surface area contributed by atoms with Crippen LogP contribution in [0.3, 0.4) is 0 Å². The van der Waals surface area contributed by atoms with Gasteiger partial charge in [-0.2, -0.15) is 13.9 Å². The van der Waals surface area contributed by atoms with Gasteiger partial charge in [0.2, 0.25) is 5.95 Å². The summed E-state index contributed by atoms with van der Waals surface area (Å²) in [6.07, 6.45) is 1.39. The number of hydrazone groups is 1. The lowest BCUT2D eigenvalue weighted by Crippen LogP contribution is -2.23. The van der Waals surface area contributed by atoms with Crippen molar-refractivity contribution in [1.29, 1.82) is 0 Å². The van der Waals surface area contributed by atoms with E-state index in [1.165, 1.54) is 16.8 Å². The van der Waals surface area contributed by atoms with Gasteiger partial charge in [-0.3, -0.25) is 9.36 Å². The van der Waals surface area contributed by atoms with E-state index < -0.39 is 6.61 Å². The third-order valence-corrected chi connectivity index (χ3v) is 4.68. The van der Waals surface area contributed by atoms with E-state index in [0.29, 0.717) is 28.4 Å². The third kappa shape index (κ3) is 3.71. The minimum Gasteiger partial charge on any atom is -0.434 e. The highest BCUT2D eigenvalue weighted by Crippen LogP contribution is 2.28. The number of benzene rings is 3. The number of nitrogens with one attached hydrogen (secondary N) is 1. The molecule has 1 heterocycles. The molecule has 0 aliphatic carbocycles. The number of halogens is 2. The minimum absolute atomic E-state index is 0.00797. The minimum atomic E-state index is -2.96. The molecule has 0 amide bonds. The molecule has 4 rings (SSSR count). The van der Waals surface area contributed by atoms with Crippen LogP contribution in [-0.4, -0.2) is 22.4 Å².